The zero-order chi connectivity index (χ0) is 23.3. The third kappa shape index (κ3) is 9.95. The lowest BCUT2D eigenvalue weighted by molar-refractivity contribution is -0.124. The fourth-order valence-electron chi connectivity index (χ4n) is 2.39. The molecule has 0 unspecified atom stereocenters. The van der Waals surface area contributed by atoms with E-state index in [1.807, 2.05) is 6.07 Å². The monoisotopic (exact) mass is 496 g/mol. The highest BCUT2D eigenvalue weighted by molar-refractivity contribution is 7.80. The number of anilines is 1. The zero-order valence-corrected chi connectivity index (χ0v) is 19.3. The Hall–Kier alpha value is -2.88. The molecule has 0 aliphatic heterocycles. The van der Waals surface area contributed by atoms with E-state index in [4.69, 9.17) is 40.2 Å². The molecule has 2 rings (SSSR count). The molecule has 3 amide bonds. The van der Waals surface area contributed by atoms with Crippen LogP contribution in [0.5, 0.6) is 5.75 Å². The molecule has 0 aliphatic carbocycles. The van der Waals surface area contributed by atoms with Crippen LogP contribution >= 0.6 is 35.4 Å². The smallest absolute Gasteiger partial charge is 0.238 e. The summed E-state index contributed by atoms with van der Waals surface area (Å²) >= 11 is 16.8. The molecule has 2 aromatic carbocycles. The molecule has 0 atom stereocenters. The van der Waals surface area contributed by atoms with Crippen LogP contribution in [0.3, 0.4) is 0 Å². The second kappa shape index (κ2) is 13.5. The molecule has 0 radical (unpaired) electrons. The number of amides is 3. The number of hydrogen-bond donors (Lipinski definition) is 4. The van der Waals surface area contributed by atoms with Crippen LogP contribution in [0, 0.1) is 0 Å². The molecule has 2 aromatic rings. The molecule has 0 saturated carbocycles. The molecule has 0 fully saturated rings. The van der Waals surface area contributed by atoms with Crippen molar-refractivity contribution in [3.63, 3.8) is 0 Å². The van der Waals surface area contributed by atoms with Gasteiger partial charge in [-0.15, -0.1) is 0 Å². The molecule has 0 aromatic heterocycles. The molecule has 0 spiro atoms. The fourth-order valence-corrected chi connectivity index (χ4v) is 3.02. The van der Waals surface area contributed by atoms with Crippen LogP contribution in [-0.2, 0) is 14.4 Å². The second-order valence-corrected chi connectivity index (χ2v) is 7.74. The average Bonchev–Trinajstić information content (AvgIpc) is 2.75. The summed E-state index contributed by atoms with van der Waals surface area (Å²) in [6.07, 6.45) is 0.531. The molecule has 11 heteroatoms. The van der Waals surface area contributed by atoms with Gasteiger partial charge in [0.2, 0.25) is 17.7 Å². The van der Waals surface area contributed by atoms with Gasteiger partial charge >= 0.3 is 0 Å². The SMILES string of the molecule is O=C(CCC(=O)Nc1ccccc1)NNC(=S)NC(=O)CCCOc1ccc(Cl)cc1Cl. The van der Waals surface area contributed by atoms with Crippen molar-refractivity contribution in [2.75, 3.05) is 11.9 Å². The van der Waals surface area contributed by atoms with E-state index < -0.39 is 5.91 Å². The summed E-state index contributed by atoms with van der Waals surface area (Å²) < 4.78 is 5.50. The summed E-state index contributed by atoms with van der Waals surface area (Å²) in [6, 6.07) is 13.8. The first-order chi connectivity index (χ1) is 15.3. The third-order valence-electron chi connectivity index (χ3n) is 3.90. The first-order valence-corrected chi connectivity index (χ1v) is 10.8. The highest BCUT2D eigenvalue weighted by Gasteiger charge is 2.09. The largest absolute Gasteiger partial charge is 0.492 e. The molecule has 8 nitrogen and oxygen atoms in total. The van der Waals surface area contributed by atoms with E-state index in [1.54, 1.807) is 42.5 Å². The van der Waals surface area contributed by atoms with Crippen LogP contribution in [0.2, 0.25) is 10.0 Å². The highest BCUT2D eigenvalue weighted by atomic mass is 35.5. The van der Waals surface area contributed by atoms with Gasteiger partial charge in [-0.2, -0.15) is 0 Å². The summed E-state index contributed by atoms with van der Waals surface area (Å²) in [4.78, 5) is 35.6. The van der Waals surface area contributed by atoms with E-state index in [0.29, 0.717) is 27.9 Å². The Morgan fingerprint density at radius 3 is 2.31 bits per heavy atom. The number of carbonyl (C=O) groups is 3. The topological polar surface area (TPSA) is 109 Å². The van der Waals surface area contributed by atoms with Gasteiger partial charge in [-0.25, -0.2) is 0 Å². The lowest BCUT2D eigenvalue weighted by Gasteiger charge is -2.11. The molecule has 4 N–H and O–H groups in total. The Morgan fingerprint density at radius 2 is 1.59 bits per heavy atom. The molecule has 0 saturated heterocycles. The van der Waals surface area contributed by atoms with Gasteiger partial charge in [-0.3, -0.25) is 25.2 Å². The van der Waals surface area contributed by atoms with Crippen molar-refractivity contribution in [2.24, 2.45) is 0 Å². The van der Waals surface area contributed by atoms with Crippen LogP contribution in [0.1, 0.15) is 25.7 Å². The number of nitrogens with one attached hydrogen (secondary N) is 4. The summed E-state index contributed by atoms with van der Waals surface area (Å²) in [5, 5.41) is 5.96. The Bertz CT molecular complexity index is 960. The third-order valence-corrected chi connectivity index (χ3v) is 4.64. The van der Waals surface area contributed by atoms with Crippen molar-refractivity contribution in [1.82, 2.24) is 16.2 Å². The Labute approximate surface area is 201 Å². The van der Waals surface area contributed by atoms with Gasteiger partial charge in [0.1, 0.15) is 5.75 Å². The normalized spacial score (nSPS) is 10.1. The quantitative estimate of drug-likeness (QED) is 0.240. The predicted molar refractivity (Wildman–Crippen MR) is 128 cm³/mol. The maximum Gasteiger partial charge on any atom is 0.238 e. The lowest BCUT2D eigenvalue weighted by Crippen LogP contribution is -2.48. The van der Waals surface area contributed by atoms with Crippen molar-refractivity contribution >= 4 is 63.9 Å². The molecule has 32 heavy (non-hydrogen) atoms. The van der Waals surface area contributed by atoms with E-state index in [0.717, 1.165) is 0 Å². The van der Waals surface area contributed by atoms with Crippen LogP contribution in [0.25, 0.3) is 0 Å². The van der Waals surface area contributed by atoms with Gasteiger partial charge in [0, 0.05) is 30.0 Å². The van der Waals surface area contributed by atoms with E-state index in [2.05, 4.69) is 21.5 Å². The van der Waals surface area contributed by atoms with Gasteiger partial charge in [0.25, 0.3) is 0 Å². The molecule has 0 bridgehead atoms. The van der Waals surface area contributed by atoms with Crippen LogP contribution in [-0.4, -0.2) is 29.4 Å². The Balaban J connectivity index is 1.56. The number of thiocarbonyl (C=S) groups is 1. The van der Waals surface area contributed by atoms with Crippen molar-refractivity contribution < 1.29 is 19.1 Å². The van der Waals surface area contributed by atoms with E-state index in [1.165, 1.54) is 0 Å². The maximum absolute atomic E-state index is 11.9. The summed E-state index contributed by atoms with van der Waals surface area (Å²) in [7, 11) is 0. The summed E-state index contributed by atoms with van der Waals surface area (Å²) in [5.41, 5.74) is 5.41. The van der Waals surface area contributed by atoms with Crippen LogP contribution in [0.4, 0.5) is 5.69 Å². The van der Waals surface area contributed by atoms with E-state index >= 15 is 0 Å². The number of carbonyl (C=O) groups excluding carboxylic acids is 3. The van der Waals surface area contributed by atoms with Gasteiger partial charge in [-0.05, 0) is 49.0 Å². The van der Waals surface area contributed by atoms with E-state index in [9.17, 15) is 14.4 Å². The summed E-state index contributed by atoms with van der Waals surface area (Å²) in [6.45, 7) is 0.275. The maximum atomic E-state index is 11.9. The number of hydrogen-bond acceptors (Lipinski definition) is 5. The minimum absolute atomic E-state index is 0.000829. The molecule has 0 heterocycles. The second-order valence-electron chi connectivity index (χ2n) is 6.49. The van der Waals surface area contributed by atoms with Crippen molar-refractivity contribution in [2.45, 2.75) is 25.7 Å². The van der Waals surface area contributed by atoms with E-state index in [-0.39, 0.29) is 42.8 Å². The van der Waals surface area contributed by atoms with Crippen molar-refractivity contribution in [3.8, 4) is 5.75 Å². The number of ether oxygens (including phenoxy) is 1. The molecular formula is C21H22Cl2N4O4S. The first-order valence-electron chi connectivity index (χ1n) is 9.65. The van der Waals surface area contributed by atoms with Crippen molar-refractivity contribution in [1.29, 1.82) is 0 Å². The van der Waals surface area contributed by atoms with Gasteiger partial charge in [0.05, 0.1) is 11.6 Å². The predicted octanol–water partition coefficient (Wildman–Crippen LogP) is 3.59. The minimum Gasteiger partial charge on any atom is -0.492 e. The number of hydrazine groups is 1. The number of rotatable bonds is 9. The van der Waals surface area contributed by atoms with Gasteiger partial charge in [-0.1, -0.05) is 41.4 Å². The first kappa shape index (κ1) is 25.4. The Morgan fingerprint density at radius 1 is 0.875 bits per heavy atom. The number of benzene rings is 2. The number of para-hydroxylation sites is 1. The fraction of sp³-hybridized carbons (Fsp3) is 0.238. The number of halogens is 2. The summed E-state index contributed by atoms with van der Waals surface area (Å²) in [5.74, 6) is -0.596. The Kier molecular flexibility index (Phi) is 10.7. The van der Waals surface area contributed by atoms with Gasteiger partial charge < -0.3 is 15.4 Å². The molecule has 170 valence electrons. The molecule has 0 aliphatic rings. The van der Waals surface area contributed by atoms with Crippen LogP contribution in [0.15, 0.2) is 48.5 Å². The van der Waals surface area contributed by atoms with Crippen molar-refractivity contribution in [3.05, 3.63) is 58.6 Å². The van der Waals surface area contributed by atoms with Gasteiger partial charge in [0.15, 0.2) is 5.11 Å². The minimum atomic E-state index is -0.446. The molecular weight excluding hydrogens is 475 g/mol. The zero-order valence-electron chi connectivity index (χ0n) is 17.0. The lowest BCUT2D eigenvalue weighted by atomic mass is 10.2. The average molecular weight is 497 g/mol. The standard InChI is InChI=1S/C21H22Cl2N4O4S/c22-14-8-9-17(16(23)13-14)31-12-4-7-18(28)25-21(32)27-26-20(30)11-10-19(29)24-15-5-2-1-3-6-15/h1-3,5-6,8-9,13H,4,7,10-12H2,(H,24,29)(H,26,30)(H2,25,27,28,32). The van der Waals surface area contributed by atoms with Crippen LogP contribution < -0.4 is 26.2 Å². The highest BCUT2D eigenvalue weighted by Crippen LogP contribution is 2.27.